The molecule has 1 saturated carbocycles. The lowest BCUT2D eigenvalue weighted by molar-refractivity contribution is 0.347. The summed E-state index contributed by atoms with van der Waals surface area (Å²) in [6.45, 7) is 0. The van der Waals surface area contributed by atoms with Crippen LogP contribution >= 0.6 is 0 Å². The summed E-state index contributed by atoms with van der Waals surface area (Å²) in [4.78, 5) is 4.42. The minimum atomic E-state index is 0.614. The van der Waals surface area contributed by atoms with Crippen LogP contribution in [0.1, 0.15) is 35.8 Å². The second-order valence-electron chi connectivity index (χ2n) is 6.46. The Balaban J connectivity index is 1.52. The third kappa shape index (κ3) is 2.06. The predicted octanol–water partition coefficient (Wildman–Crippen LogP) is 5.64. The van der Waals surface area contributed by atoms with E-state index in [1.54, 1.807) is 6.26 Å². The molecule has 0 amide bonds. The minimum absolute atomic E-state index is 0.614. The zero-order valence-corrected chi connectivity index (χ0v) is 12.8. The van der Waals surface area contributed by atoms with Crippen molar-refractivity contribution in [2.75, 3.05) is 0 Å². The molecule has 2 unspecified atom stereocenters. The lowest BCUT2D eigenvalue weighted by Gasteiger charge is -2.37. The Bertz CT molecular complexity index is 1000. The van der Waals surface area contributed by atoms with Crippen molar-refractivity contribution in [3.63, 3.8) is 0 Å². The lowest BCUT2D eigenvalue weighted by atomic mass is 9.67. The smallest absolute Gasteiger partial charge is 0.133 e. The molecular weight excluding hydrogens is 282 g/mol. The summed E-state index contributed by atoms with van der Waals surface area (Å²) in [5.74, 6) is 1.23. The molecule has 2 nitrogen and oxygen atoms in total. The molecular formula is C21H17NO. The van der Waals surface area contributed by atoms with E-state index in [9.17, 15) is 0 Å². The van der Waals surface area contributed by atoms with Gasteiger partial charge in [0.1, 0.15) is 5.58 Å². The number of benzene rings is 2. The topological polar surface area (TPSA) is 26.0 Å². The summed E-state index contributed by atoms with van der Waals surface area (Å²) in [6.07, 6.45) is 6.15. The van der Waals surface area contributed by atoms with Crippen LogP contribution in [0.3, 0.4) is 0 Å². The van der Waals surface area contributed by atoms with Crippen molar-refractivity contribution in [2.45, 2.75) is 24.7 Å². The van der Waals surface area contributed by atoms with E-state index in [0.29, 0.717) is 11.8 Å². The number of aromatic nitrogens is 1. The summed E-state index contributed by atoms with van der Waals surface area (Å²) >= 11 is 0. The van der Waals surface area contributed by atoms with Crippen LogP contribution < -0.4 is 0 Å². The fraction of sp³-hybridized carbons (Fsp3) is 0.190. The van der Waals surface area contributed by atoms with Crippen molar-refractivity contribution in [2.24, 2.45) is 0 Å². The van der Waals surface area contributed by atoms with Gasteiger partial charge in [-0.1, -0.05) is 18.2 Å². The molecule has 1 aliphatic carbocycles. The Morgan fingerprint density at radius 2 is 1.61 bits per heavy atom. The Morgan fingerprint density at radius 1 is 0.826 bits per heavy atom. The van der Waals surface area contributed by atoms with Gasteiger partial charge in [-0.2, -0.15) is 0 Å². The van der Waals surface area contributed by atoms with Gasteiger partial charge in [0, 0.05) is 17.0 Å². The fourth-order valence-electron chi connectivity index (χ4n) is 3.84. The Morgan fingerprint density at radius 3 is 2.43 bits per heavy atom. The van der Waals surface area contributed by atoms with Gasteiger partial charge in [-0.3, -0.25) is 4.98 Å². The van der Waals surface area contributed by atoms with Crippen molar-refractivity contribution in [1.29, 1.82) is 0 Å². The molecule has 0 aliphatic heterocycles. The van der Waals surface area contributed by atoms with Crippen molar-refractivity contribution in [3.05, 3.63) is 78.2 Å². The Kier molecular flexibility index (Phi) is 2.77. The first-order valence-corrected chi connectivity index (χ1v) is 8.20. The van der Waals surface area contributed by atoms with Crippen LogP contribution in [0, 0.1) is 0 Å². The number of furan rings is 1. The van der Waals surface area contributed by atoms with Crippen molar-refractivity contribution >= 4 is 21.9 Å². The SMILES string of the molecule is c1cnc2ccc(C3CCC3c3ccc4occc4c3)cc2c1. The molecule has 23 heavy (non-hydrogen) atoms. The molecule has 0 bridgehead atoms. The molecule has 1 aliphatic rings. The summed E-state index contributed by atoms with van der Waals surface area (Å²) in [7, 11) is 0. The molecule has 1 fully saturated rings. The molecule has 5 rings (SSSR count). The van der Waals surface area contributed by atoms with Gasteiger partial charge >= 0.3 is 0 Å². The minimum Gasteiger partial charge on any atom is -0.464 e. The quantitative estimate of drug-likeness (QED) is 0.478. The number of nitrogens with zero attached hydrogens (tertiary/aromatic N) is 1. The van der Waals surface area contributed by atoms with Crippen LogP contribution in [-0.2, 0) is 0 Å². The summed E-state index contributed by atoms with van der Waals surface area (Å²) in [6, 6.07) is 19.5. The van der Waals surface area contributed by atoms with Gasteiger partial charge in [0.2, 0.25) is 0 Å². The van der Waals surface area contributed by atoms with Crippen molar-refractivity contribution < 1.29 is 4.42 Å². The van der Waals surface area contributed by atoms with E-state index in [1.165, 1.54) is 34.7 Å². The highest BCUT2D eigenvalue weighted by Crippen LogP contribution is 2.49. The maximum Gasteiger partial charge on any atom is 0.133 e. The highest BCUT2D eigenvalue weighted by molar-refractivity contribution is 5.79. The van der Waals surface area contributed by atoms with E-state index in [0.717, 1.165) is 11.1 Å². The zero-order chi connectivity index (χ0) is 15.2. The molecule has 112 valence electrons. The van der Waals surface area contributed by atoms with Gasteiger partial charge in [0.15, 0.2) is 0 Å². The number of hydrogen-bond donors (Lipinski definition) is 0. The monoisotopic (exact) mass is 299 g/mol. The highest BCUT2D eigenvalue weighted by Gasteiger charge is 2.33. The van der Waals surface area contributed by atoms with Gasteiger partial charge in [-0.05, 0) is 72.2 Å². The van der Waals surface area contributed by atoms with Crippen molar-refractivity contribution in [1.82, 2.24) is 4.98 Å². The molecule has 2 atom stereocenters. The average molecular weight is 299 g/mol. The number of rotatable bonds is 2. The normalized spacial score (nSPS) is 20.7. The van der Waals surface area contributed by atoms with E-state index >= 15 is 0 Å². The molecule has 0 radical (unpaired) electrons. The zero-order valence-electron chi connectivity index (χ0n) is 12.8. The third-order valence-electron chi connectivity index (χ3n) is 5.23. The van der Waals surface area contributed by atoms with Crippen LogP contribution in [-0.4, -0.2) is 4.98 Å². The van der Waals surface area contributed by atoms with Crippen LogP contribution in [0.4, 0.5) is 0 Å². The molecule has 2 heteroatoms. The first-order chi connectivity index (χ1) is 11.4. The molecule has 2 aromatic heterocycles. The second kappa shape index (κ2) is 4.95. The summed E-state index contributed by atoms with van der Waals surface area (Å²) in [5, 5.41) is 2.44. The maximum absolute atomic E-state index is 5.46. The van der Waals surface area contributed by atoms with Gasteiger partial charge in [0.05, 0.1) is 11.8 Å². The number of hydrogen-bond acceptors (Lipinski definition) is 2. The van der Waals surface area contributed by atoms with Gasteiger partial charge in [-0.25, -0.2) is 0 Å². The second-order valence-corrected chi connectivity index (χ2v) is 6.46. The van der Waals surface area contributed by atoms with Gasteiger partial charge < -0.3 is 4.42 Å². The number of pyridine rings is 1. The molecule has 4 aromatic rings. The molecule has 0 N–H and O–H groups in total. The predicted molar refractivity (Wildman–Crippen MR) is 92.7 cm³/mol. The average Bonchev–Trinajstić information content (AvgIpc) is 3.01. The molecule has 0 saturated heterocycles. The van der Waals surface area contributed by atoms with E-state index in [4.69, 9.17) is 4.42 Å². The van der Waals surface area contributed by atoms with Crippen LogP contribution in [0.25, 0.3) is 21.9 Å². The van der Waals surface area contributed by atoms with Gasteiger partial charge in [0.25, 0.3) is 0 Å². The van der Waals surface area contributed by atoms with Crippen molar-refractivity contribution in [3.8, 4) is 0 Å². The molecule has 0 spiro atoms. The Hall–Kier alpha value is -2.61. The molecule has 2 heterocycles. The van der Waals surface area contributed by atoms with Gasteiger partial charge in [-0.15, -0.1) is 0 Å². The Labute approximate surface area is 134 Å². The summed E-state index contributed by atoms with van der Waals surface area (Å²) < 4.78 is 5.46. The molecule has 2 aromatic carbocycles. The van der Waals surface area contributed by atoms with Crippen LogP contribution in [0.15, 0.2) is 71.5 Å². The standard InChI is InChI=1S/C21H17NO/c1-2-16-12-14(3-7-20(16)22-10-1)18-5-6-19(18)15-4-8-21-17(13-15)9-11-23-21/h1-4,7-13,18-19H,5-6H2. The highest BCUT2D eigenvalue weighted by atomic mass is 16.3. The van der Waals surface area contributed by atoms with Crippen LogP contribution in [0.5, 0.6) is 0 Å². The number of fused-ring (bicyclic) bond motifs is 2. The van der Waals surface area contributed by atoms with E-state index in [2.05, 4.69) is 47.4 Å². The van der Waals surface area contributed by atoms with Crippen LogP contribution in [0.2, 0.25) is 0 Å². The fourth-order valence-corrected chi connectivity index (χ4v) is 3.84. The summed E-state index contributed by atoms with van der Waals surface area (Å²) in [5.41, 5.74) is 4.92. The maximum atomic E-state index is 5.46. The lowest BCUT2D eigenvalue weighted by Crippen LogP contribution is -2.21. The van der Waals surface area contributed by atoms with E-state index in [-0.39, 0.29) is 0 Å². The first-order valence-electron chi connectivity index (χ1n) is 8.20. The van der Waals surface area contributed by atoms with E-state index in [1.807, 2.05) is 18.3 Å². The van der Waals surface area contributed by atoms with E-state index < -0.39 is 0 Å². The first kappa shape index (κ1) is 12.9. The largest absolute Gasteiger partial charge is 0.464 e. The third-order valence-corrected chi connectivity index (χ3v) is 5.23.